The summed E-state index contributed by atoms with van der Waals surface area (Å²) in [4.78, 5) is 0. The van der Waals surface area contributed by atoms with Crippen molar-refractivity contribution in [1.29, 1.82) is 0 Å². The standard InChI is InChI=1S/C15H22ClNO2/c1-18-14-4-2-13(3-5-14)6-9-17-15(12-16)7-10-19-11-8-15/h2-5,17H,6-12H2,1H3. The lowest BCUT2D eigenvalue weighted by molar-refractivity contribution is 0.0469. The summed E-state index contributed by atoms with van der Waals surface area (Å²) in [6.07, 6.45) is 3.00. The Bertz CT molecular complexity index is 374. The molecule has 0 amide bonds. The zero-order valence-corrected chi connectivity index (χ0v) is 12.2. The molecule has 1 fully saturated rings. The highest BCUT2D eigenvalue weighted by molar-refractivity contribution is 6.18. The predicted octanol–water partition coefficient (Wildman–Crippen LogP) is 2.62. The molecule has 19 heavy (non-hydrogen) atoms. The van der Waals surface area contributed by atoms with Crippen LogP contribution in [0.2, 0.25) is 0 Å². The van der Waals surface area contributed by atoms with E-state index in [4.69, 9.17) is 21.1 Å². The molecule has 1 saturated heterocycles. The molecule has 1 aliphatic heterocycles. The van der Waals surface area contributed by atoms with Crippen molar-refractivity contribution in [3.05, 3.63) is 29.8 Å². The van der Waals surface area contributed by atoms with Crippen molar-refractivity contribution >= 4 is 11.6 Å². The largest absolute Gasteiger partial charge is 0.497 e. The van der Waals surface area contributed by atoms with Gasteiger partial charge in [0.1, 0.15) is 5.75 Å². The highest BCUT2D eigenvalue weighted by Gasteiger charge is 2.30. The van der Waals surface area contributed by atoms with Crippen LogP contribution < -0.4 is 10.1 Å². The van der Waals surface area contributed by atoms with Gasteiger partial charge < -0.3 is 14.8 Å². The molecule has 2 rings (SSSR count). The fraction of sp³-hybridized carbons (Fsp3) is 0.600. The van der Waals surface area contributed by atoms with Gasteiger partial charge in [-0.05, 0) is 43.5 Å². The minimum absolute atomic E-state index is 0.0618. The summed E-state index contributed by atoms with van der Waals surface area (Å²) in [6, 6.07) is 8.22. The third-order valence-electron chi connectivity index (χ3n) is 3.78. The van der Waals surface area contributed by atoms with E-state index in [-0.39, 0.29) is 5.54 Å². The number of halogens is 1. The van der Waals surface area contributed by atoms with E-state index >= 15 is 0 Å². The van der Waals surface area contributed by atoms with Crippen LogP contribution in [0.15, 0.2) is 24.3 Å². The lowest BCUT2D eigenvalue weighted by Gasteiger charge is -2.36. The van der Waals surface area contributed by atoms with E-state index in [9.17, 15) is 0 Å². The van der Waals surface area contributed by atoms with Crippen molar-refractivity contribution in [2.24, 2.45) is 0 Å². The molecule has 0 unspecified atom stereocenters. The number of hydrogen-bond donors (Lipinski definition) is 1. The maximum atomic E-state index is 6.12. The molecule has 0 aliphatic carbocycles. The van der Waals surface area contributed by atoms with Crippen molar-refractivity contribution in [3.63, 3.8) is 0 Å². The summed E-state index contributed by atoms with van der Waals surface area (Å²) in [5.41, 5.74) is 1.37. The van der Waals surface area contributed by atoms with E-state index in [1.54, 1.807) is 7.11 Å². The van der Waals surface area contributed by atoms with Crippen LogP contribution in [0.3, 0.4) is 0 Å². The van der Waals surface area contributed by atoms with E-state index in [2.05, 4.69) is 17.4 Å². The van der Waals surface area contributed by atoms with Gasteiger partial charge in [-0.2, -0.15) is 0 Å². The molecule has 106 valence electrons. The molecule has 0 aromatic heterocycles. The van der Waals surface area contributed by atoms with Crippen LogP contribution in [-0.4, -0.2) is 38.3 Å². The molecule has 0 bridgehead atoms. The maximum absolute atomic E-state index is 6.12. The van der Waals surface area contributed by atoms with Crippen LogP contribution in [0.4, 0.5) is 0 Å². The zero-order valence-electron chi connectivity index (χ0n) is 11.5. The first-order valence-electron chi connectivity index (χ1n) is 6.80. The number of benzene rings is 1. The molecule has 1 heterocycles. The molecule has 0 saturated carbocycles. The number of nitrogens with one attached hydrogen (secondary N) is 1. The first kappa shape index (κ1) is 14.6. The zero-order chi connectivity index (χ0) is 13.6. The van der Waals surface area contributed by atoms with Crippen LogP contribution in [0, 0.1) is 0 Å². The second kappa shape index (κ2) is 7.13. The molecule has 1 aromatic rings. The lowest BCUT2D eigenvalue weighted by atomic mass is 9.92. The number of alkyl halides is 1. The number of ether oxygens (including phenoxy) is 2. The molecule has 1 aliphatic rings. The molecular formula is C15H22ClNO2. The van der Waals surface area contributed by atoms with Crippen LogP contribution >= 0.6 is 11.6 Å². The number of rotatable bonds is 6. The average Bonchev–Trinajstić information content (AvgIpc) is 2.49. The van der Waals surface area contributed by atoms with Gasteiger partial charge >= 0.3 is 0 Å². The third kappa shape index (κ3) is 4.10. The van der Waals surface area contributed by atoms with E-state index in [1.807, 2.05) is 12.1 Å². The predicted molar refractivity (Wildman–Crippen MR) is 78.2 cm³/mol. The summed E-state index contributed by atoms with van der Waals surface area (Å²) >= 11 is 6.12. The Morgan fingerprint density at radius 3 is 2.53 bits per heavy atom. The van der Waals surface area contributed by atoms with E-state index in [0.717, 1.165) is 44.8 Å². The quantitative estimate of drug-likeness (QED) is 0.814. The van der Waals surface area contributed by atoms with Gasteiger partial charge in [-0.25, -0.2) is 0 Å². The topological polar surface area (TPSA) is 30.5 Å². The third-order valence-corrected chi connectivity index (χ3v) is 4.29. The smallest absolute Gasteiger partial charge is 0.118 e. The molecule has 1 N–H and O–H groups in total. The monoisotopic (exact) mass is 283 g/mol. The Balaban J connectivity index is 1.81. The van der Waals surface area contributed by atoms with Crippen LogP contribution in [0.25, 0.3) is 0 Å². The highest BCUT2D eigenvalue weighted by atomic mass is 35.5. The van der Waals surface area contributed by atoms with Gasteiger partial charge in [-0.1, -0.05) is 12.1 Å². The Hall–Kier alpha value is -0.770. The fourth-order valence-corrected chi connectivity index (χ4v) is 2.75. The van der Waals surface area contributed by atoms with Crippen molar-refractivity contribution in [2.45, 2.75) is 24.8 Å². The summed E-state index contributed by atoms with van der Waals surface area (Å²) in [7, 11) is 1.69. The molecule has 0 atom stereocenters. The minimum atomic E-state index is 0.0618. The van der Waals surface area contributed by atoms with Gasteiger partial charge in [-0.15, -0.1) is 11.6 Å². The van der Waals surface area contributed by atoms with E-state index < -0.39 is 0 Å². The lowest BCUT2D eigenvalue weighted by Crippen LogP contribution is -2.51. The van der Waals surface area contributed by atoms with Crippen molar-refractivity contribution < 1.29 is 9.47 Å². The minimum Gasteiger partial charge on any atom is -0.497 e. The second-order valence-corrected chi connectivity index (χ2v) is 5.32. The first-order valence-corrected chi connectivity index (χ1v) is 7.33. The van der Waals surface area contributed by atoms with Gasteiger partial charge in [0.05, 0.1) is 7.11 Å². The first-order chi connectivity index (χ1) is 9.28. The summed E-state index contributed by atoms with van der Waals surface area (Å²) in [6.45, 7) is 2.56. The molecular weight excluding hydrogens is 262 g/mol. The average molecular weight is 284 g/mol. The Morgan fingerprint density at radius 1 is 1.26 bits per heavy atom. The number of hydrogen-bond acceptors (Lipinski definition) is 3. The fourth-order valence-electron chi connectivity index (χ4n) is 2.38. The van der Waals surface area contributed by atoms with Crippen LogP contribution in [0.1, 0.15) is 18.4 Å². The van der Waals surface area contributed by atoms with Crippen molar-refractivity contribution in [1.82, 2.24) is 5.32 Å². The molecule has 0 spiro atoms. The Morgan fingerprint density at radius 2 is 1.95 bits per heavy atom. The van der Waals surface area contributed by atoms with Crippen molar-refractivity contribution in [3.8, 4) is 5.75 Å². The van der Waals surface area contributed by atoms with Crippen LogP contribution in [0.5, 0.6) is 5.75 Å². The SMILES string of the molecule is COc1ccc(CCNC2(CCl)CCOCC2)cc1. The molecule has 0 radical (unpaired) electrons. The van der Waals surface area contributed by atoms with Crippen molar-refractivity contribution in [2.75, 3.05) is 32.7 Å². The van der Waals surface area contributed by atoms with Gasteiger partial charge in [0, 0.05) is 24.6 Å². The van der Waals surface area contributed by atoms with Gasteiger partial charge in [0.15, 0.2) is 0 Å². The number of methoxy groups -OCH3 is 1. The normalized spacial score (nSPS) is 18.2. The molecule has 4 heteroatoms. The van der Waals surface area contributed by atoms with Crippen LogP contribution in [-0.2, 0) is 11.2 Å². The van der Waals surface area contributed by atoms with Gasteiger partial charge in [0.2, 0.25) is 0 Å². The maximum Gasteiger partial charge on any atom is 0.118 e. The van der Waals surface area contributed by atoms with E-state index in [0.29, 0.717) is 5.88 Å². The summed E-state index contributed by atoms with van der Waals surface area (Å²) < 4.78 is 10.6. The van der Waals surface area contributed by atoms with E-state index in [1.165, 1.54) is 5.56 Å². The Labute approximate surface area is 120 Å². The van der Waals surface area contributed by atoms with Gasteiger partial charge in [0.25, 0.3) is 0 Å². The summed E-state index contributed by atoms with van der Waals surface area (Å²) in [5.74, 6) is 1.55. The summed E-state index contributed by atoms with van der Waals surface area (Å²) in [5, 5.41) is 3.62. The highest BCUT2D eigenvalue weighted by Crippen LogP contribution is 2.22. The molecule has 3 nitrogen and oxygen atoms in total. The molecule has 1 aromatic carbocycles. The second-order valence-electron chi connectivity index (χ2n) is 5.05. The Kier molecular flexibility index (Phi) is 5.49. The van der Waals surface area contributed by atoms with Gasteiger partial charge in [-0.3, -0.25) is 0 Å².